The van der Waals surface area contributed by atoms with Crippen LogP contribution in [0.3, 0.4) is 0 Å². The first-order chi connectivity index (χ1) is 11.6. The number of nitrogens with zero attached hydrogens (tertiary/aromatic N) is 2. The molecule has 1 aromatic heterocycles. The molecular weight excluding hydrogens is 384 g/mol. The predicted molar refractivity (Wildman–Crippen MR) is 103 cm³/mol. The third-order valence-electron chi connectivity index (χ3n) is 4.58. The molecule has 2 aromatic rings. The molecule has 128 valence electrons. The predicted octanol–water partition coefficient (Wildman–Crippen LogP) is 4.35. The van der Waals surface area contributed by atoms with E-state index in [4.69, 9.17) is 0 Å². The fourth-order valence-electron chi connectivity index (χ4n) is 3.10. The van der Waals surface area contributed by atoms with Gasteiger partial charge in [-0.05, 0) is 39.5 Å². The Kier molecular flexibility index (Phi) is 6.09. The lowest BCUT2D eigenvalue weighted by atomic mass is 9.97. The molecule has 1 aliphatic heterocycles. The van der Waals surface area contributed by atoms with Crippen LogP contribution in [0.5, 0.6) is 0 Å². The van der Waals surface area contributed by atoms with Gasteiger partial charge >= 0.3 is 0 Å². The van der Waals surface area contributed by atoms with E-state index in [0.29, 0.717) is 6.42 Å². The second-order valence-corrected chi connectivity index (χ2v) is 8.93. The summed E-state index contributed by atoms with van der Waals surface area (Å²) in [6.45, 7) is 6.72. The Hall–Kier alpha value is -1.17. The highest BCUT2D eigenvalue weighted by atomic mass is 79.9. The van der Waals surface area contributed by atoms with Gasteiger partial charge in [0.25, 0.3) is 0 Å². The van der Waals surface area contributed by atoms with E-state index < -0.39 is 0 Å². The summed E-state index contributed by atoms with van der Waals surface area (Å²) in [5, 5.41) is 0. The number of hydrogen-bond acceptors (Lipinski definition) is 3. The van der Waals surface area contributed by atoms with Gasteiger partial charge < -0.3 is 4.90 Å². The van der Waals surface area contributed by atoms with Gasteiger partial charge in [-0.1, -0.05) is 37.3 Å². The average Bonchev–Trinajstić information content (AvgIpc) is 3.01. The third kappa shape index (κ3) is 4.68. The fraction of sp³-hybridized carbons (Fsp3) is 0.421. The molecule has 3 nitrogen and oxygen atoms in total. The second kappa shape index (κ2) is 8.28. The topological polar surface area (TPSA) is 23.6 Å². The van der Waals surface area contributed by atoms with Crippen molar-refractivity contribution in [1.82, 2.24) is 9.80 Å². The van der Waals surface area contributed by atoms with Gasteiger partial charge in [0.1, 0.15) is 0 Å². The summed E-state index contributed by atoms with van der Waals surface area (Å²) in [6.07, 6.45) is 0.599. The number of carbonyl (C=O) groups excluding carboxylic acids is 1. The number of amides is 1. The zero-order chi connectivity index (χ0) is 16.9. The summed E-state index contributed by atoms with van der Waals surface area (Å²) in [6, 6.07) is 14.6. The van der Waals surface area contributed by atoms with Crippen LogP contribution in [0, 0.1) is 0 Å². The Morgan fingerprint density at radius 1 is 1.12 bits per heavy atom. The Morgan fingerprint density at radius 3 is 2.46 bits per heavy atom. The van der Waals surface area contributed by atoms with Crippen molar-refractivity contribution in [2.75, 3.05) is 26.2 Å². The van der Waals surface area contributed by atoms with E-state index in [2.05, 4.69) is 52.0 Å². The van der Waals surface area contributed by atoms with E-state index in [1.165, 1.54) is 14.2 Å². The number of benzene rings is 1. The van der Waals surface area contributed by atoms with Gasteiger partial charge in [-0.3, -0.25) is 9.69 Å². The van der Waals surface area contributed by atoms with E-state index in [0.717, 1.165) is 32.7 Å². The van der Waals surface area contributed by atoms with Gasteiger partial charge in [0.05, 0.1) is 3.79 Å². The first-order valence-electron chi connectivity index (χ1n) is 8.41. The molecule has 0 spiro atoms. The van der Waals surface area contributed by atoms with Crippen LogP contribution in [0.1, 0.15) is 29.7 Å². The van der Waals surface area contributed by atoms with Crippen LogP contribution >= 0.6 is 27.3 Å². The van der Waals surface area contributed by atoms with Gasteiger partial charge in [0, 0.05) is 44.0 Å². The number of carbonyl (C=O) groups is 1. The maximum Gasteiger partial charge on any atom is 0.223 e. The van der Waals surface area contributed by atoms with Crippen LogP contribution in [-0.2, 0) is 11.3 Å². The van der Waals surface area contributed by atoms with Crippen molar-refractivity contribution in [3.8, 4) is 0 Å². The SMILES string of the molecule is CC(CC(=O)N1CCN(Cc2ccc(Br)s2)CC1)c1ccccc1. The number of halogens is 1. The largest absolute Gasteiger partial charge is 0.340 e. The summed E-state index contributed by atoms with van der Waals surface area (Å²) in [7, 11) is 0. The Labute approximate surface area is 156 Å². The Balaban J connectivity index is 1.46. The molecule has 1 fully saturated rings. The maximum absolute atomic E-state index is 12.6. The van der Waals surface area contributed by atoms with Crippen LogP contribution in [0.15, 0.2) is 46.3 Å². The van der Waals surface area contributed by atoms with E-state index in [1.807, 2.05) is 23.1 Å². The number of hydrogen-bond donors (Lipinski definition) is 0. The van der Waals surface area contributed by atoms with Crippen molar-refractivity contribution in [3.63, 3.8) is 0 Å². The van der Waals surface area contributed by atoms with Crippen molar-refractivity contribution in [3.05, 3.63) is 56.7 Å². The molecule has 0 saturated carbocycles. The first kappa shape index (κ1) is 17.6. The molecule has 0 bridgehead atoms. The Morgan fingerprint density at radius 2 is 1.83 bits per heavy atom. The zero-order valence-electron chi connectivity index (χ0n) is 14.0. The summed E-state index contributed by atoms with van der Waals surface area (Å²) in [5.41, 5.74) is 1.24. The molecule has 3 rings (SSSR count). The summed E-state index contributed by atoms with van der Waals surface area (Å²) >= 11 is 5.30. The van der Waals surface area contributed by atoms with Gasteiger partial charge in [-0.15, -0.1) is 11.3 Å². The summed E-state index contributed by atoms with van der Waals surface area (Å²) in [4.78, 5) is 18.4. The Bertz CT molecular complexity index is 665. The standard InChI is InChI=1S/C19H23BrN2OS/c1-15(16-5-3-2-4-6-16)13-19(23)22-11-9-21(10-12-22)14-17-7-8-18(20)24-17/h2-8,15H,9-14H2,1H3. The monoisotopic (exact) mass is 406 g/mol. The molecule has 2 heterocycles. The lowest BCUT2D eigenvalue weighted by Crippen LogP contribution is -2.48. The number of piperazine rings is 1. The fourth-order valence-corrected chi connectivity index (χ4v) is 4.63. The van der Waals surface area contributed by atoms with Crippen LogP contribution in [-0.4, -0.2) is 41.9 Å². The molecule has 1 aromatic carbocycles. The van der Waals surface area contributed by atoms with Crippen LogP contribution in [0.25, 0.3) is 0 Å². The smallest absolute Gasteiger partial charge is 0.223 e. The summed E-state index contributed by atoms with van der Waals surface area (Å²) in [5.74, 6) is 0.560. The molecule has 0 radical (unpaired) electrons. The van der Waals surface area contributed by atoms with Gasteiger partial charge in [-0.2, -0.15) is 0 Å². The van der Waals surface area contributed by atoms with Crippen molar-refractivity contribution < 1.29 is 4.79 Å². The third-order valence-corrected chi connectivity index (χ3v) is 6.19. The van der Waals surface area contributed by atoms with Crippen LogP contribution < -0.4 is 0 Å². The average molecular weight is 407 g/mol. The zero-order valence-corrected chi connectivity index (χ0v) is 16.4. The minimum atomic E-state index is 0.278. The normalized spacial score (nSPS) is 17.0. The lowest BCUT2D eigenvalue weighted by Gasteiger charge is -2.35. The lowest BCUT2D eigenvalue weighted by molar-refractivity contribution is -0.133. The highest BCUT2D eigenvalue weighted by Crippen LogP contribution is 2.24. The molecule has 1 aliphatic rings. The molecule has 1 amide bonds. The van der Waals surface area contributed by atoms with Gasteiger partial charge in [-0.25, -0.2) is 0 Å². The highest BCUT2D eigenvalue weighted by molar-refractivity contribution is 9.11. The molecule has 0 N–H and O–H groups in total. The minimum Gasteiger partial charge on any atom is -0.340 e. The van der Waals surface area contributed by atoms with E-state index in [-0.39, 0.29) is 11.8 Å². The molecular formula is C19H23BrN2OS. The van der Waals surface area contributed by atoms with Crippen LogP contribution in [0.2, 0.25) is 0 Å². The quantitative estimate of drug-likeness (QED) is 0.736. The highest BCUT2D eigenvalue weighted by Gasteiger charge is 2.23. The van der Waals surface area contributed by atoms with Crippen molar-refractivity contribution >= 4 is 33.2 Å². The molecule has 1 atom stereocenters. The van der Waals surface area contributed by atoms with E-state index in [1.54, 1.807) is 11.3 Å². The molecule has 1 saturated heterocycles. The minimum absolute atomic E-state index is 0.278. The number of rotatable bonds is 5. The van der Waals surface area contributed by atoms with Crippen LogP contribution in [0.4, 0.5) is 0 Å². The summed E-state index contributed by atoms with van der Waals surface area (Å²) < 4.78 is 1.18. The molecule has 0 aliphatic carbocycles. The van der Waals surface area contributed by atoms with Gasteiger partial charge in [0.15, 0.2) is 0 Å². The second-order valence-electron chi connectivity index (χ2n) is 6.38. The van der Waals surface area contributed by atoms with Gasteiger partial charge in [0.2, 0.25) is 5.91 Å². The van der Waals surface area contributed by atoms with Crippen molar-refractivity contribution in [1.29, 1.82) is 0 Å². The number of thiophene rings is 1. The molecule has 1 unspecified atom stereocenters. The van der Waals surface area contributed by atoms with Crippen molar-refractivity contribution in [2.45, 2.75) is 25.8 Å². The van der Waals surface area contributed by atoms with E-state index in [9.17, 15) is 4.79 Å². The maximum atomic E-state index is 12.6. The van der Waals surface area contributed by atoms with E-state index >= 15 is 0 Å². The molecule has 24 heavy (non-hydrogen) atoms. The first-order valence-corrected chi connectivity index (χ1v) is 10.0. The van der Waals surface area contributed by atoms with Crippen molar-refractivity contribution in [2.24, 2.45) is 0 Å². The molecule has 5 heteroatoms.